The Hall–Kier alpha value is -1.15. The van der Waals surface area contributed by atoms with Gasteiger partial charge < -0.3 is 5.32 Å². The zero-order chi connectivity index (χ0) is 13.0. The van der Waals surface area contributed by atoms with Crippen LogP contribution in [-0.2, 0) is 0 Å². The number of nitrogens with one attached hydrogen (secondary N) is 1. The molecule has 1 aliphatic carbocycles. The summed E-state index contributed by atoms with van der Waals surface area (Å²) in [6.07, 6.45) is 9.49. The first-order valence-corrected chi connectivity index (χ1v) is 7.07. The minimum absolute atomic E-state index is 0.316. The van der Waals surface area contributed by atoms with Crippen LogP contribution in [0.2, 0.25) is 0 Å². The van der Waals surface area contributed by atoms with Crippen LogP contribution in [0, 0.1) is 13.8 Å². The Kier molecular flexibility index (Phi) is 4.54. The van der Waals surface area contributed by atoms with Crippen LogP contribution >= 0.6 is 0 Å². The summed E-state index contributed by atoms with van der Waals surface area (Å²) < 4.78 is 0. The smallest absolute Gasteiger partial charge is 0.0713 e. The summed E-state index contributed by atoms with van der Waals surface area (Å²) in [5, 5.41) is 3.60. The van der Waals surface area contributed by atoms with Gasteiger partial charge in [-0.1, -0.05) is 24.6 Å². The zero-order valence-electron chi connectivity index (χ0n) is 11.8. The van der Waals surface area contributed by atoms with Crippen LogP contribution in [-0.4, -0.2) is 11.5 Å². The largest absolute Gasteiger partial charge is 0.306 e. The van der Waals surface area contributed by atoms with Crippen molar-refractivity contribution in [2.75, 3.05) is 6.54 Å². The predicted octanol–water partition coefficient (Wildman–Crippen LogP) is 3.85. The zero-order valence-corrected chi connectivity index (χ0v) is 11.8. The summed E-state index contributed by atoms with van der Waals surface area (Å²) in [6.45, 7) is 7.42. The topological polar surface area (TPSA) is 24.9 Å². The van der Waals surface area contributed by atoms with Crippen LogP contribution in [0.25, 0.3) is 0 Å². The van der Waals surface area contributed by atoms with Crippen LogP contribution < -0.4 is 5.32 Å². The van der Waals surface area contributed by atoms with E-state index in [4.69, 9.17) is 0 Å². The maximum atomic E-state index is 4.67. The summed E-state index contributed by atoms with van der Waals surface area (Å²) in [6, 6.07) is 2.55. The highest BCUT2D eigenvalue weighted by Crippen LogP contribution is 2.30. The minimum Gasteiger partial charge on any atom is -0.306 e. The average molecular weight is 244 g/mol. The Morgan fingerprint density at radius 2 is 2.17 bits per heavy atom. The molecule has 1 atom stereocenters. The highest BCUT2D eigenvalue weighted by atomic mass is 14.9. The van der Waals surface area contributed by atoms with Crippen LogP contribution in [0.5, 0.6) is 0 Å². The second-order valence-corrected chi connectivity index (χ2v) is 5.23. The lowest BCUT2D eigenvalue weighted by Gasteiger charge is -2.25. The van der Waals surface area contributed by atoms with E-state index in [2.05, 4.69) is 43.2 Å². The van der Waals surface area contributed by atoms with Crippen molar-refractivity contribution in [1.29, 1.82) is 0 Å². The fourth-order valence-corrected chi connectivity index (χ4v) is 2.76. The molecule has 0 aliphatic heterocycles. The lowest BCUT2D eigenvalue weighted by atomic mass is 9.90. The molecule has 0 aromatic carbocycles. The number of rotatable bonds is 4. The van der Waals surface area contributed by atoms with Crippen LogP contribution in [0.3, 0.4) is 0 Å². The summed E-state index contributed by atoms with van der Waals surface area (Å²) in [4.78, 5) is 4.67. The molecule has 1 unspecified atom stereocenters. The van der Waals surface area contributed by atoms with Crippen molar-refractivity contribution in [3.8, 4) is 0 Å². The second kappa shape index (κ2) is 6.14. The molecular weight excluding hydrogens is 220 g/mol. The molecule has 0 fully saturated rings. The van der Waals surface area contributed by atoms with E-state index in [0.717, 1.165) is 6.54 Å². The van der Waals surface area contributed by atoms with E-state index in [-0.39, 0.29) is 0 Å². The molecule has 0 spiro atoms. The van der Waals surface area contributed by atoms with Gasteiger partial charge in [-0.3, -0.25) is 4.98 Å². The monoisotopic (exact) mass is 244 g/mol. The fourth-order valence-electron chi connectivity index (χ4n) is 2.76. The van der Waals surface area contributed by atoms with Crippen molar-refractivity contribution < 1.29 is 0 Å². The van der Waals surface area contributed by atoms with Gasteiger partial charge in [0.05, 0.1) is 11.7 Å². The standard InChI is InChI=1S/C16H24N2/c1-4-17-16(14-8-6-5-7-9-14)15-13(3)10-12(2)11-18-15/h8,10-11,16-17H,4-7,9H2,1-3H3. The van der Waals surface area contributed by atoms with Crippen molar-refractivity contribution in [2.45, 2.75) is 52.5 Å². The van der Waals surface area contributed by atoms with E-state index in [1.165, 1.54) is 48.1 Å². The van der Waals surface area contributed by atoms with E-state index in [0.29, 0.717) is 6.04 Å². The number of likely N-dealkylation sites (N-methyl/N-ethyl adjacent to an activating group) is 1. The maximum Gasteiger partial charge on any atom is 0.0713 e. The molecule has 1 aromatic heterocycles. The van der Waals surface area contributed by atoms with Gasteiger partial charge >= 0.3 is 0 Å². The lowest BCUT2D eigenvalue weighted by Crippen LogP contribution is -2.25. The van der Waals surface area contributed by atoms with Gasteiger partial charge in [-0.25, -0.2) is 0 Å². The molecule has 1 aromatic rings. The van der Waals surface area contributed by atoms with Crippen molar-refractivity contribution in [3.63, 3.8) is 0 Å². The fraction of sp³-hybridized carbons (Fsp3) is 0.562. The third-order valence-corrected chi connectivity index (χ3v) is 3.63. The molecule has 1 N–H and O–H groups in total. The third-order valence-electron chi connectivity index (χ3n) is 3.63. The number of aryl methyl sites for hydroxylation is 2. The third kappa shape index (κ3) is 2.99. The van der Waals surface area contributed by atoms with E-state index < -0.39 is 0 Å². The van der Waals surface area contributed by atoms with Crippen molar-refractivity contribution in [1.82, 2.24) is 10.3 Å². The highest BCUT2D eigenvalue weighted by molar-refractivity contribution is 5.32. The number of nitrogens with zero attached hydrogens (tertiary/aromatic N) is 1. The van der Waals surface area contributed by atoms with Gasteiger partial charge in [-0.15, -0.1) is 0 Å². The molecule has 2 nitrogen and oxygen atoms in total. The Labute approximate surface area is 111 Å². The molecule has 1 heterocycles. The number of aromatic nitrogens is 1. The van der Waals surface area contributed by atoms with Gasteiger partial charge in [0, 0.05) is 6.20 Å². The number of pyridine rings is 1. The van der Waals surface area contributed by atoms with Gasteiger partial charge in [0.1, 0.15) is 0 Å². The minimum atomic E-state index is 0.316. The molecule has 0 radical (unpaired) electrons. The Morgan fingerprint density at radius 3 is 2.78 bits per heavy atom. The van der Waals surface area contributed by atoms with E-state index in [1.807, 2.05) is 6.20 Å². The summed E-state index contributed by atoms with van der Waals surface area (Å²) in [5.41, 5.74) is 5.27. The molecule has 0 saturated heterocycles. The molecule has 98 valence electrons. The lowest BCUT2D eigenvalue weighted by molar-refractivity contribution is 0.551. The van der Waals surface area contributed by atoms with E-state index in [9.17, 15) is 0 Å². The number of hydrogen-bond acceptors (Lipinski definition) is 2. The van der Waals surface area contributed by atoms with E-state index in [1.54, 1.807) is 0 Å². The maximum absolute atomic E-state index is 4.67. The van der Waals surface area contributed by atoms with Gasteiger partial charge in [0.2, 0.25) is 0 Å². The molecule has 0 bridgehead atoms. The average Bonchev–Trinajstić information content (AvgIpc) is 2.38. The van der Waals surface area contributed by atoms with Gasteiger partial charge in [0.15, 0.2) is 0 Å². The molecule has 0 saturated carbocycles. The first kappa shape index (κ1) is 13.3. The van der Waals surface area contributed by atoms with Crippen molar-refractivity contribution >= 4 is 0 Å². The normalized spacial score (nSPS) is 17.4. The van der Waals surface area contributed by atoms with Crippen molar-refractivity contribution in [2.24, 2.45) is 0 Å². The first-order chi connectivity index (χ1) is 8.72. The summed E-state index contributed by atoms with van der Waals surface area (Å²) in [7, 11) is 0. The van der Waals surface area contributed by atoms with E-state index >= 15 is 0 Å². The number of allylic oxidation sites excluding steroid dienone is 1. The number of hydrogen-bond donors (Lipinski definition) is 1. The molecule has 1 aliphatic rings. The molecule has 0 amide bonds. The Bertz CT molecular complexity index is 435. The van der Waals surface area contributed by atoms with Gasteiger partial charge in [0.25, 0.3) is 0 Å². The Balaban J connectivity index is 2.31. The molecule has 2 rings (SSSR count). The molecule has 2 heteroatoms. The highest BCUT2D eigenvalue weighted by Gasteiger charge is 2.20. The first-order valence-electron chi connectivity index (χ1n) is 7.07. The predicted molar refractivity (Wildman–Crippen MR) is 76.7 cm³/mol. The Morgan fingerprint density at radius 1 is 1.33 bits per heavy atom. The van der Waals surface area contributed by atoms with Gasteiger partial charge in [-0.2, -0.15) is 0 Å². The quantitative estimate of drug-likeness (QED) is 0.814. The van der Waals surface area contributed by atoms with Crippen molar-refractivity contribution in [3.05, 3.63) is 40.7 Å². The van der Waals surface area contributed by atoms with Crippen LogP contribution in [0.4, 0.5) is 0 Å². The van der Waals surface area contributed by atoms with Crippen LogP contribution in [0.1, 0.15) is 55.5 Å². The second-order valence-electron chi connectivity index (χ2n) is 5.23. The molecule has 18 heavy (non-hydrogen) atoms. The molecular formula is C16H24N2. The van der Waals surface area contributed by atoms with Crippen LogP contribution in [0.15, 0.2) is 23.9 Å². The summed E-state index contributed by atoms with van der Waals surface area (Å²) >= 11 is 0. The SMILES string of the molecule is CCNC(C1=CCCCC1)c1ncc(C)cc1C. The summed E-state index contributed by atoms with van der Waals surface area (Å²) in [5.74, 6) is 0. The van der Waals surface area contributed by atoms with Gasteiger partial charge in [-0.05, 0) is 57.2 Å².